The Hall–Kier alpha value is -2.91. The van der Waals surface area contributed by atoms with E-state index < -0.39 is 0 Å². The van der Waals surface area contributed by atoms with Gasteiger partial charge in [-0.15, -0.1) is 0 Å². The fourth-order valence-electron chi connectivity index (χ4n) is 1.66. The maximum atomic E-state index is 8.62. The minimum absolute atomic E-state index is 0.156. The lowest BCUT2D eigenvalue weighted by molar-refractivity contribution is 0.962. The molecule has 0 N–H and O–H groups in total. The molecule has 1 aromatic carbocycles. The van der Waals surface area contributed by atoms with Crippen LogP contribution in [-0.4, -0.2) is 9.97 Å². The third kappa shape index (κ3) is 4.60. The van der Waals surface area contributed by atoms with Crippen molar-refractivity contribution in [2.45, 2.75) is 19.8 Å². The van der Waals surface area contributed by atoms with E-state index in [1.807, 2.05) is 30.3 Å². The van der Waals surface area contributed by atoms with Crippen LogP contribution in [0, 0.1) is 23.2 Å². The molecule has 0 aliphatic heterocycles. The first-order valence-electron chi connectivity index (χ1n) is 6.82. The van der Waals surface area contributed by atoms with E-state index in [2.05, 4.69) is 40.9 Å². The number of nitriles is 1. The molecule has 2 aromatic rings. The van der Waals surface area contributed by atoms with Gasteiger partial charge in [0.15, 0.2) is 0 Å². The summed E-state index contributed by atoms with van der Waals surface area (Å²) >= 11 is 0. The summed E-state index contributed by atoms with van der Waals surface area (Å²) in [7, 11) is 0. The molecule has 0 bridgehead atoms. The van der Waals surface area contributed by atoms with E-state index in [1.54, 1.807) is 12.4 Å². The molecule has 0 saturated heterocycles. The molecule has 0 radical (unpaired) electrons. The Morgan fingerprint density at radius 1 is 1.05 bits per heavy atom. The van der Waals surface area contributed by atoms with Crippen LogP contribution in [0.4, 0.5) is 0 Å². The number of hydrogen-bond acceptors (Lipinski definition) is 3. The standard InChI is InChI=1S/C18H15N3/c1-2-3-4-5-15-6-8-16(9-7-15)10-11-17-13-20-18(12-19)21-14-17/h4-9,13-14H,2-3H2,1H3/b5-4+. The predicted octanol–water partition coefficient (Wildman–Crippen LogP) is 3.56. The zero-order chi connectivity index (χ0) is 14.9. The second-order valence-electron chi connectivity index (χ2n) is 4.47. The maximum Gasteiger partial charge on any atom is 0.232 e. The molecule has 21 heavy (non-hydrogen) atoms. The van der Waals surface area contributed by atoms with Gasteiger partial charge in [-0.2, -0.15) is 5.26 Å². The van der Waals surface area contributed by atoms with Gasteiger partial charge in [0.05, 0.1) is 5.56 Å². The Labute approximate surface area is 125 Å². The van der Waals surface area contributed by atoms with Crippen LogP contribution >= 0.6 is 0 Å². The van der Waals surface area contributed by atoms with E-state index in [9.17, 15) is 0 Å². The molecular formula is C18H15N3. The Morgan fingerprint density at radius 2 is 1.71 bits per heavy atom. The van der Waals surface area contributed by atoms with Gasteiger partial charge in [0.25, 0.3) is 0 Å². The fraction of sp³-hybridized carbons (Fsp3) is 0.167. The van der Waals surface area contributed by atoms with Crippen LogP contribution in [0.5, 0.6) is 0 Å². The summed E-state index contributed by atoms with van der Waals surface area (Å²) in [5.41, 5.74) is 2.81. The smallest absolute Gasteiger partial charge is 0.226 e. The highest BCUT2D eigenvalue weighted by atomic mass is 14.9. The van der Waals surface area contributed by atoms with Crippen molar-refractivity contribution in [3.63, 3.8) is 0 Å². The minimum atomic E-state index is 0.156. The highest BCUT2D eigenvalue weighted by molar-refractivity contribution is 5.52. The number of rotatable bonds is 3. The quantitative estimate of drug-likeness (QED) is 0.803. The molecular weight excluding hydrogens is 258 g/mol. The van der Waals surface area contributed by atoms with E-state index in [4.69, 9.17) is 5.26 Å². The van der Waals surface area contributed by atoms with E-state index >= 15 is 0 Å². The summed E-state index contributed by atoms with van der Waals surface area (Å²) in [6, 6.07) is 9.95. The molecule has 0 aliphatic carbocycles. The van der Waals surface area contributed by atoms with Crippen LogP contribution in [0.15, 0.2) is 42.7 Å². The first kappa shape index (κ1) is 14.5. The van der Waals surface area contributed by atoms with Crippen molar-refractivity contribution in [2.24, 2.45) is 0 Å². The lowest BCUT2D eigenvalue weighted by Gasteiger charge is -1.94. The van der Waals surface area contributed by atoms with Crippen molar-refractivity contribution in [1.29, 1.82) is 5.26 Å². The Balaban J connectivity index is 2.06. The molecule has 1 heterocycles. The third-order valence-corrected chi connectivity index (χ3v) is 2.78. The van der Waals surface area contributed by atoms with Gasteiger partial charge in [-0.25, -0.2) is 9.97 Å². The van der Waals surface area contributed by atoms with Crippen molar-refractivity contribution in [3.8, 4) is 17.9 Å². The molecule has 0 saturated carbocycles. The van der Waals surface area contributed by atoms with Crippen molar-refractivity contribution in [2.75, 3.05) is 0 Å². The Bertz CT molecular complexity index is 708. The average Bonchev–Trinajstić information content (AvgIpc) is 2.55. The van der Waals surface area contributed by atoms with Crippen LogP contribution in [-0.2, 0) is 0 Å². The van der Waals surface area contributed by atoms with Gasteiger partial charge in [-0.1, -0.05) is 49.5 Å². The highest BCUT2D eigenvalue weighted by Crippen LogP contribution is 2.06. The van der Waals surface area contributed by atoms with Crippen LogP contribution < -0.4 is 0 Å². The van der Waals surface area contributed by atoms with E-state index in [-0.39, 0.29) is 5.82 Å². The summed E-state index contributed by atoms with van der Waals surface area (Å²) < 4.78 is 0. The molecule has 0 atom stereocenters. The summed E-state index contributed by atoms with van der Waals surface area (Å²) in [5.74, 6) is 6.19. The predicted molar refractivity (Wildman–Crippen MR) is 83.1 cm³/mol. The number of allylic oxidation sites excluding steroid dienone is 1. The van der Waals surface area contributed by atoms with Gasteiger partial charge < -0.3 is 0 Å². The normalized spacial score (nSPS) is 9.90. The Morgan fingerprint density at radius 3 is 2.33 bits per heavy atom. The molecule has 3 nitrogen and oxygen atoms in total. The van der Waals surface area contributed by atoms with E-state index in [0.717, 1.165) is 18.4 Å². The van der Waals surface area contributed by atoms with Crippen molar-refractivity contribution < 1.29 is 0 Å². The first-order chi connectivity index (χ1) is 10.3. The minimum Gasteiger partial charge on any atom is -0.226 e. The fourth-order valence-corrected chi connectivity index (χ4v) is 1.66. The number of nitrogens with zero attached hydrogens (tertiary/aromatic N) is 3. The Kier molecular flexibility index (Phi) is 5.26. The van der Waals surface area contributed by atoms with Gasteiger partial charge in [-0.3, -0.25) is 0 Å². The van der Waals surface area contributed by atoms with Crippen LogP contribution in [0.1, 0.15) is 42.3 Å². The van der Waals surface area contributed by atoms with Gasteiger partial charge in [0.2, 0.25) is 5.82 Å². The van der Waals surface area contributed by atoms with Gasteiger partial charge in [-0.05, 0) is 24.1 Å². The second kappa shape index (κ2) is 7.62. The van der Waals surface area contributed by atoms with Crippen LogP contribution in [0.25, 0.3) is 6.08 Å². The average molecular weight is 273 g/mol. The van der Waals surface area contributed by atoms with Gasteiger partial charge in [0.1, 0.15) is 6.07 Å². The first-order valence-corrected chi connectivity index (χ1v) is 6.82. The molecule has 0 amide bonds. The third-order valence-electron chi connectivity index (χ3n) is 2.78. The summed E-state index contributed by atoms with van der Waals surface area (Å²) in [5, 5.41) is 8.62. The molecule has 2 rings (SSSR count). The maximum absolute atomic E-state index is 8.62. The molecule has 0 spiro atoms. The number of unbranched alkanes of at least 4 members (excludes halogenated alkanes) is 1. The van der Waals surface area contributed by atoms with E-state index in [1.165, 1.54) is 5.56 Å². The lowest BCUT2D eigenvalue weighted by Crippen LogP contribution is -1.88. The molecule has 0 unspecified atom stereocenters. The van der Waals surface area contributed by atoms with Crippen LogP contribution in [0.3, 0.4) is 0 Å². The summed E-state index contributed by atoms with van der Waals surface area (Å²) in [6.07, 6.45) is 9.66. The molecule has 0 fully saturated rings. The molecule has 102 valence electrons. The molecule has 3 heteroatoms. The number of benzene rings is 1. The zero-order valence-electron chi connectivity index (χ0n) is 11.9. The summed E-state index contributed by atoms with van der Waals surface area (Å²) in [4.78, 5) is 7.76. The molecule has 1 aromatic heterocycles. The van der Waals surface area contributed by atoms with Gasteiger partial charge >= 0.3 is 0 Å². The monoisotopic (exact) mass is 273 g/mol. The summed E-state index contributed by atoms with van der Waals surface area (Å²) in [6.45, 7) is 2.16. The number of aromatic nitrogens is 2. The van der Waals surface area contributed by atoms with E-state index in [0.29, 0.717) is 5.56 Å². The second-order valence-corrected chi connectivity index (χ2v) is 4.47. The topological polar surface area (TPSA) is 49.6 Å². The SMILES string of the molecule is CCC/C=C/c1ccc(C#Cc2cnc(C#N)nc2)cc1. The van der Waals surface area contributed by atoms with Crippen molar-refractivity contribution >= 4 is 6.08 Å². The highest BCUT2D eigenvalue weighted by Gasteiger charge is 1.93. The van der Waals surface area contributed by atoms with Crippen molar-refractivity contribution in [1.82, 2.24) is 9.97 Å². The van der Waals surface area contributed by atoms with Crippen LogP contribution in [0.2, 0.25) is 0 Å². The largest absolute Gasteiger partial charge is 0.232 e. The van der Waals surface area contributed by atoms with Crippen molar-refractivity contribution in [3.05, 3.63) is 65.2 Å². The number of hydrogen-bond donors (Lipinski definition) is 0. The van der Waals surface area contributed by atoms with Gasteiger partial charge in [0, 0.05) is 18.0 Å². The molecule has 0 aliphatic rings. The zero-order valence-corrected chi connectivity index (χ0v) is 11.9. The lowest BCUT2D eigenvalue weighted by atomic mass is 10.1.